The molecule has 0 saturated carbocycles. The van der Waals surface area contributed by atoms with E-state index in [9.17, 15) is 13.6 Å². The van der Waals surface area contributed by atoms with Gasteiger partial charge in [0, 0.05) is 19.0 Å². The molecular weight excluding hydrogens is 409 g/mol. The smallest absolute Gasteiger partial charge is 0.345 e. The van der Waals surface area contributed by atoms with Crippen LogP contribution in [0.5, 0.6) is 11.5 Å². The highest BCUT2D eigenvalue weighted by atomic mass is 35.5. The minimum absolute atomic E-state index is 0.0614. The zero-order valence-corrected chi connectivity index (χ0v) is 15.8. The molecule has 1 radical (unpaired) electrons. The Kier molecular flexibility index (Phi) is 5.66. The minimum atomic E-state index is -2.84. The molecule has 0 unspecified atom stereocenters. The number of halogens is 4. The van der Waals surface area contributed by atoms with E-state index in [-0.39, 0.29) is 34.1 Å². The molecule has 0 amide bonds. The zero-order chi connectivity index (χ0) is 21.3. The summed E-state index contributed by atoms with van der Waals surface area (Å²) in [6.45, 7) is 0. The number of rotatable bonds is 5. The van der Waals surface area contributed by atoms with Crippen molar-refractivity contribution in [3.8, 4) is 17.6 Å². The molecule has 2 aromatic carbocycles. The Labute approximate surface area is 168 Å². The first-order chi connectivity index (χ1) is 13.7. The maximum atomic E-state index is 15.0. The van der Waals surface area contributed by atoms with Crippen LogP contribution < -0.4 is 10.4 Å². The number of benzene rings is 2. The normalized spacial score (nSPS) is 11.0. The van der Waals surface area contributed by atoms with Crippen molar-refractivity contribution in [3.05, 3.63) is 81.2 Å². The van der Waals surface area contributed by atoms with E-state index in [1.54, 1.807) is 6.07 Å². The molecule has 10 heteroatoms. The Balaban J connectivity index is 2.00. The lowest BCUT2D eigenvalue weighted by molar-refractivity contribution is 0.151. The highest BCUT2D eigenvalue weighted by Gasteiger charge is 2.19. The highest BCUT2D eigenvalue weighted by molar-refractivity contribution is 6.32. The van der Waals surface area contributed by atoms with Gasteiger partial charge in [0.05, 0.1) is 23.7 Å². The lowest BCUT2D eigenvalue weighted by Crippen LogP contribution is -2.19. The van der Waals surface area contributed by atoms with Gasteiger partial charge in [0.2, 0.25) is 0 Å². The molecule has 6 nitrogen and oxygen atoms in total. The lowest BCUT2D eigenvalue weighted by atomic mass is 10.1. The van der Waals surface area contributed by atoms with Gasteiger partial charge in [-0.1, -0.05) is 17.7 Å². The number of hydrogen-bond donors (Lipinski definition) is 0. The summed E-state index contributed by atoms with van der Waals surface area (Å²) in [7, 11) is 4.91. The van der Waals surface area contributed by atoms with Crippen LogP contribution in [0.15, 0.2) is 35.1 Å². The molecule has 0 bridgehead atoms. The maximum Gasteiger partial charge on any atom is 0.345 e. The van der Waals surface area contributed by atoms with E-state index in [1.807, 2.05) is 0 Å². The third-order valence-electron chi connectivity index (χ3n) is 4.14. The van der Waals surface area contributed by atoms with Gasteiger partial charge in [-0.2, -0.15) is 10.4 Å². The molecular formula is C19H13ClF3N4O2. The standard InChI is InChI=1S/C19H13ClF3N4O2/c1-26-15(25-27(2)19(26)28)8-11-3-4-14(20)17(16(11)21)29-13-6-10(9-24)5-12(7-13)18(22)23/h3-7,18H,2,8H2,1H3. The predicted molar refractivity (Wildman–Crippen MR) is 98.6 cm³/mol. The number of nitriles is 1. The minimum Gasteiger partial charge on any atom is -0.453 e. The van der Waals surface area contributed by atoms with Gasteiger partial charge < -0.3 is 4.74 Å². The Morgan fingerprint density at radius 2 is 2.07 bits per heavy atom. The summed E-state index contributed by atoms with van der Waals surface area (Å²) in [4.78, 5) is 11.7. The summed E-state index contributed by atoms with van der Waals surface area (Å²) in [5, 5.41) is 12.8. The predicted octanol–water partition coefficient (Wildman–Crippen LogP) is 4.21. The first kappa shape index (κ1) is 20.5. The summed E-state index contributed by atoms with van der Waals surface area (Å²) in [6.07, 6.45) is -2.90. The summed E-state index contributed by atoms with van der Waals surface area (Å²) in [6, 6.07) is 7.73. The molecule has 0 N–H and O–H groups in total. The second-order valence-electron chi connectivity index (χ2n) is 6.09. The van der Waals surface area contributed by atoms with Gasteiger partial charge in [-0.3, -0.25) is 4.57 Å². The number of ether oxygens (including phenoxy) is 1. The van der Waals surface area contributed by atoms with E-state index >= 15 is 4.39 Å². The molecule has 0 aliphatic carbocycles. The van der Waals surface area contributed by atoms with E-state index in [0.717, 1.165) is 16.8 Å². The Bertz CT molecular complexity index is 1180. The van der Waals surface area contributed by atoms with Gasteiger partial charge in [-0.05, 0) is 29.8 Å². The third kappa shape index (κ3) is 4.12. The largest absolute Gasteiger partial charge is 0.453 e. The summed E-state index contributed by atoms with van der Waals surface area (Å²) in [5.74, 6) is -1.14. The fraction of sp³-hybridized carbons (Fsp3) is 0.158. The molecule has 29 heavy (non-hydrogen) atoms. The van der Waals surface area contributed by atoms with E-state index in [0.29, 0.717) is 0 Å². The van der Waals surface area contributed by atoms with Crippen molar-refractivity contribution in [3.63, 3.8) is 0 Å². The van der Waals surface area contributed by atoms with Crippen molar-refractivity contribution >= 4 is 11.6 Å². The van der Waals surface area contributed by atoms with Crippen LogP contribution in [-0.2, 0) is 13.5 Å². The van der Waals surface area contributed by atoms with Crippen LogP contribution in [0.2, 0.25) is 5.02 Å². The van der Waals surface area contributed by atoms with E-state index in [2.05, 4.69) is 12.1 Å². The molecule has 0 aliphatic rings. The molecule has 0 saturated heterocycles. The molecule has 3 rings (SSSR count). The van der Waals surface area contributed by atoms with Crippen molar-refractivity contribution in [2.45, 2.75) is 12.8 Å². The quantitative estimate of drug-likeness (QED) is 0.618. The first-order valence-electron chi connectivity index (χ1n) is 8.15. The molecule has 0 fully saturated rings. The second-order valence-corrected chi connectivity index (χ2v) is 6.50. The van der Waals surface area contributed by atoms with Gasteiger partial charge in [0.1, 0.15) is 11.6 Å². The molecule has 3 aromatic rings. The van der Waals surface area contributed by atoms with Gasteiger partial charge in [0.25, 0.3) is 6.43 Å². The monoisotopic (exact) mass is 421 g/mol. The molecule has 1 aromatic heterocycles. The van der Waals surface area contributed by atoms with Crippen molar-refractivity contribution in [2.24, 2.45) is 7.05 Å². The van der Waals surface area contributed by atoms with E-state index in [1.165, 1.54) is 29.8 Å². The Morgan fingerprint density at radius 3 is 2.66 bits per heavy atom. The van der Waals surface area contributed by atoms with Crippen molar-refractivity contribution < 1.29 is 17.9 Å². The summed E-state index contributed by atoms with van der Waals surface area (Å²) >= 11 is 6.03. The zero-order valence-electron chi connectivity index (χ0n) is 15.0. The van der Waals surface area contributed by atoms with Crippen molar-refractivity contribution in [2.75, 3.05) is 0 Å². The number of alkyl halides is 2. The number of hydrogen-bond acceptors (Lipinski definition) is 4. The van der Waals surface area contributed by atoms with Crippen LogP contribution in [-0.4, -0.2) is 14.3 Å². The first-order valence-corrected chi connectivity index (χ1v) is 8.52. The molecule has 149 valence electrons. The molecule has 0 atom stereocenters. The number of aromatic nitrogens is 3. The second kappa shape index (κ2) is 8.01. The number of nitrogens with zero attached hydrogens (tertiary/aromatic N) is 4. The molecule has 1 heterocycles. The lowest BCUT2D eigenvalue weighted by Gasteiger charge is -2.13. The molecule has 0 aliphatic heterocycles. The van der Waals surface area contributed by atoms with Gasteiger partial charge in [-0.15, -0.1) is 0 Å². The van der Waals surface area contributed by atoms with Gasteiger partial charge in [0.15, 0.2) is 11.6 Å². The van der Waals surface area contributed by atoms with Crippen LogP contribution in [0.25, 0.3) is 0 Å². The van der Waals surface area contributed by atoms with E-state index < -0.39 is 29.2 Å². The average Bonchev–Trinajstić information content (AvgIpc) is 2.93. The molecule has 0 spiro atoms. The van der Waals surface area contributed by atoms with Crippen LogP contribution in [0, 0.1) is 24.2 Å². The van der Waals surface area contributed by atoms with Crippen molar-refractivity contribution in [1.82, 2.24) is 14.3 Å². The highest BCUT2D eigenvalue weighted by Crippen LogP contribution is 2.36. The summed E-state index contributed by atoms with van der Waals surface area (Å²) < 4.78 is 48.6. The SMILES string of the molecule is [CH2]n1nc(Cc2ccc(Cl)c(Oc3cc(C#N)cc(C(F)F)c3)c2F)n(C)c1=O. The van der Waals surface area contributed by atoms with Crippen LogP contribution in [0.3, 0.4) is 0 Å². The third-order valence-corrected chi connectivity index (χ3v) is 4.44. The summed E-state index contributed by atoms with van der Waals surface area (Å²) in [5.41, 5.74) is -0.869. The van der Waals surface area contributed by atoms with Gasteiger partial charge in [-0.25, -0.2) is 22.6 Å². The van der Waals surface area contributed by atoms with Crippen LogP contribution in [0.1, 0.15) is 28.9 Å². The fourth-order valence-electron chi connectivity index (χ4n) is 2.65. The van der Waals surface area contributed by atoms with Gasteiger partial charge >= 0.3 is 5.69 Å². The van der Waals surface area contributed by atoms with Crippen molar-refractivity contribution in [1.29, 1.82) is 5.26 Å². The maximum absolute atomic E-state index is 15.0. The Morgan fingerprint density at radius 1 is 1.34 bits per heavy atom. The fourth-order valence-corrected chi connectivity index (χ4v) is 2.83. The topological polar surface area (TPSA) is 72.8 Å². The van der Waals surface area contributed by atoms with Crippen LogP contribution >= 0.6 is 11.6 Å². The van der Waals surface area contributed by atoms with E-state index in [4.69, 9.17) is 21.6 Å². The average molecular weight is 422 g/mol. The van der Waals surface area contributed by atoms with Crippen LogP contribution in [0.4, 0.5) is 13.2 Å². The Hall–Kier alpha value is -3.25.